The van der Waals surface area contributed by atoms with Gasteiger partial charge in [0.1, 0.15) is 0 Å². The summed E-state index contributed by atoms with van der Waals surface area (Å²) >= 11 is 0. The molecule has 0 aliphatic carbocycles. The summed E-state index contributed by atoms with van der Waals surface area (Å²) in [5.41, 5.74) is -0.343. The van der Waals surface area contributed by atoms with Crippen molar-refractivity contribution in [2.45, 2.75) is 57.7 Å². The van der Waals surface area contributed by atoms with Gasteiger partial charge in [0, 0.05) is 43.5 Å². The monoisotopic (exact) mass is 435 g/mol. The molecule has 7 nitrogen and oxygen atoms in total. The lowest BCUT2D eigenvalue weighted by molar-refractivity contribution is -0.136. The van der Waals surface area contributed by atoms with Crippen molar-refractivity contribution in [3.8, 4) is 0 Å². The number of likely N-dealkylation sites (tertiary alicyclic amines) is 1. The maximum Gasteiger partial charge on any atom is 0.417 e. The van der Waals surface area contributed by atoms with Crippen LogP contribution < -0.4 is 0 Å². The molecular weight excluding hydrogens is 411 g/mol. The van der Waals surface area contributed by atoms with E-state index in [9.17, 15) is 18.0 Å². The molecule has 0 spiro atoms. The van der Waals surface area contributed by atoms with E-state index in [2.05, 4.69) is 15.2 Å². The van der Waals surface area contributed by atoms with E-state index in [0.29, 0.717) is 38.0 Å². The van der Waals surface area contributed by atoms with E-state index in [0.717, 1.165) is 6.07 Å². The zero-order chi connectivity index (χ0) is 22.2. The van der Waals surface area contributed by atoms with E-state index in [1.54, 1.807) is 35.0 Å². The van der Waals surface area contributed by atoms with E-state index in [-0.39, 0.29) is 41.1 Å². The SMILES string of the molecule is CCc1cc(C(F)(F)F)c2c([C@@H]3CCCN(C(=O)C[C@H](C)n4cccn4)C3)noc2n1. The van der Waals surface area contributed by atoms with Crippen LogP contribution in [0.1, 0.15) is 62.0 Å². The Morgan fingerprint density at radius 2 is 2.19 bits per heavy atom. The number of alkyl halides is 3. The van der Waals surface area contributed by atoms with Gasteiger partial charge in [-0.3, -0.25) is 9.48 Å². The maximum absolute atomic E-state index is 13.8. The van der Waals surface area contributed by atoms with Crippen molar-refractivity contribution < 1.29 is 22.5 Å². The molecule has 1 amide bonds. The van der Waals surface area contributed by atoms with Gasteiger partial charge in [-0.2, -0.15) is 18.3 Å². The summed E-state index contributed by atoms with van der Waals surface area (Å²) in [4.78, 5) is 18.7. The van der Waals surface area contributed by atoms with E-state index < -0.39 is 11.7 Å². The molecule has 3 aromatic heterocycles. The molecule has 1 aliphatic rings. The van der Waals surface area contributed by atoms with Crippen molar-refractivity contribution in [3.63, 3.8) is 0 Å². The van der Waals surface area contributed by atoms with Crippen LogP contribution in [0.5, 0.6) is 0 Å². The molecule has 4 rings (SSSR count). The number of carbonyl (C=O) groups is 1. The molecule has 166 valence electrons. The number of aryl methyl sites for hydroxylation is 1. The third kappa shape index (κ3) is 4.28. The second-order valence-electron chi connectivity index (χ2n) is 7.98. The molecule has 1 aliphatic heterocycles. The van der Waals surface area contributed by atoms with Crippen LogP contribution in [-0.2, 0) is 17.4 Å². The predicted octanol–water partition coefficient (Wildman–Crippen LogP) is 4.36. The Morgan fingerprint density at radius 3 is 2.87 bits per heavy atom. The molecule has 3 aromatic rings. The number of hydrogen-bond acceptors (Lipinski definition) is 5. The summed E-state index contributed by atoms with van der Waals surface area (Å²) in [7, 11) is 0. The number of nitrogens with zero attached hydrogens (tertiary/aromatic N) is 5. The molecule has 31 heavy (non-hydrogen) atoms. The summed E-state index contributed by atoms with van der Waals surface area (Å²) in [5.74, 6) is -0.391. The largest absolute Gasteiger partial charge is 0.417 e. The Kier molecular flexibility index (Phi) is 5.72. The van der Waals surface area contributed by atoms with Crippen LogP contribution in [0.4, 0.5) is 13.2 Å². The number of rotatable bonds is 5. The van der Waals surface area contributed by atoms with Crippen LogP contribution in [-0.4, -0.2) is 43.8 Å². The highest BCUT2D eigenvalue weighted by Crippen LogP contribution is 2.40. The third-order valence-corrected chi connectivity index (χ3v) is 5.80. The molecule has 0 bridgehead atoms. The van der Waals surface area contributed by atoms with Crippen molar-refractivity contribution in [2.24, 2.45) is 0 Å². The molecule has 2 atom stereocenters. The summed E-state index contributed by atoms with van der Waals surface area (Å²) < 4.78 is 48.2. The lowest BCUT2D eigenvalue weighted by Gasteiger charge is -2.32. The average molecular weight is 435 g/mol. The first-order valence-corrected chi connectivity index (χ1v) is 10.4. The Bertz CT molecular complexity index is 1060. The van der Waals surface area contributed by atoms with Crippen LogP contribution in [0, 0.1) is 0 Å². The van der Waals surface area contributed by atoms with Gasteiger partial charge in [-0.05, 0) is 38.3 Å². The predicted molar refractivity (Wildman–Crippen MR) is 106 cm³/mol. The van der Waals surface area contributed by atoms with Crippen LogP contribution in [0.3, 0.4) is 0 Å². The second-order valence-corrected chi connectivity index (χ2v) is 7.98. The molecule has 4 heterocycles. The Labute approximate surface area is 177 Å². The van der Waals surface area contributed by atoms with Gasteiger partial charge >= 0.3 is 6.18 Å². The Morgan fingerprint density at radius 1 is 1.39 bits per heavy atom. The zero-order valence-electron chi connectivity index (χ0n) is 17.4. The lowest BCUT2D eigenvalue weighted by Crippen LogP contribution is -2.40. The number of pyridine rings is 1. The maximum atomic E-state index is 13.8. The van der Waals surface area contributed by atoms with Crippen LogP contribution in [0.25, 0.3) is 11.1 Å². The van der Waals surface area contributed by atoms with Gasteiger partial charge in [0.2, 0.25) is 5.91 Å². The minimum Gasteiger partial charge on any atom is -0.342 e. The highest BCUT2D eigenvalue weighted by molar-refractivity contribution is 5.82. The quantitative estimate of drug-likeness (QED) is 0.595. The summed E-state index contributed by atoms with van der Waals surface area (Å²) in [5, 5.41) is 8.05. The van der Waals surface area contributed by atoms with Gasteiger partial charge in [-0.15, -0.1) is 0 Å². The molecule has 0 aromatic carbocycles. The first-order chi connectivity index (χ1) is 14.8. The van der Waals surface area contributed by atoms with E-state index >= 15 is 0 Å². The third-order valence-electron chi connectivity index (χ3n) is 5.80. The number of amides is 1. The lowest BCUT2D eigenvalue weighted by atomic mass is 9.91. The number of fused-ring (bicyclic) bond motifs is 1. The van der Waals surface area contributed by atoms with Gasteiger partial charge < -0.3 is 9.42 Å². The van der Waals surface area contributed by atoms with Crippen LogP contribution in [0.2, 0.25) is 0 Å². The van der Waals surface area contributed by atoms with E-state index in [1.165, 1.54) is 0 Å². The molecule has 0 N–H and O–H groups in total. The van der Waals surface area contributed by atoms with Crippen molar-refractivity contribution in [3.05, 3.63) is 41.5 Å². The minimum atomic E-state index is -4.55. The van der Waals surface area contributed by atoms with Crippen molar-refractivity contribution in [2.75, 3.05) is 13.1 Å². The number of piperidine rings is 1. The fourth-order valence-corrected chi connectivity index (χ4v) is 4.15. The van der Waals surface area contributed by atoms with E-state index in [1.807, 2.05) is 6.92 Å². The highest BCUT2D eigenvalue weighted by Gasteiger charge is 2.38. The van der Waals surface area contributed by atoms with Crippen LogP contribution in [0.15, 0.2) is 29.0 Å². The highest BCUT2D eigenvalue weighted by atomic mass is 19.4. The second kappa shape index (κ2) is 8.32. The molecule has 10 heteroatoms. The topological polar surface area (TPSA) is 77.0 Å². The molecule has 0 radical (unpaired) electrons. The standard InChI is InChI=1S/C21H24F3N5O2/c1-3-15-11-16(21(22,23)24)18-19(27-31-20(18)26-15)14-6-4-8-28(12-14)17(30)10-13(2)29-9-5-7-25-29/h5,7,9,11,13-14H,3-4,6,8,10,12H2,1-2H3/t13-,14+/m0/s1. The number of aromatic nitrogens is 4. The first kappa shape index (κ1) is 21.3. The Balaban J connectivity index is 1.59. The van der Waals surface area contributed by atoms with Crippen LogP contribution >= 0.6 is 0 Å². The zero-order valence-corrected chi connectivity index (χ0v) is 17.4. The molecule has 0 saturated carbocycles. The van der Waals surface area contributed by atoms with Crippen molar-refractivity contribution in [1.29, 1.82) is 0 Å². The van der Waals surface area contributed by atoms with Gasteiger partial charge in [0.25, 0.3) is 5.71 Å². The van der Waals surface area contributed by atoms with Gasteiger partial charge in [0.15, 0.2) is 0 Å². The number of hydrogen-bond donors (Lipinski definition) is 0. The van der Waals surface area contributed by atoms with E-state index in [4.69, 9.17) is 4.52 Å². The smallest absolute Gasteiger partial charge is 0.342 e. The normalized spacial score (nSPS) is 18.5. The molecular formula is C21H24F3N5O2. The average Bonchev–Trinajstić information content (AvgIpc) is 3.42. The van der Waals surface area contributed by atoms with Gasteiger partial charge in [-0.1, -0.05) is 12.1 Å². The Hall–Kier alpha value is -2.91. The molecule has 1 fully saturated rings. The van der Waals surface area contributed by atoms with Crippen molar-refractivity contribution >= 4 is 17.0 Å². The van der Waals surface area contributed by atoms with Crippen molar-refractivity contribution in [1.82, 2.24) is 24.8 Å². The fourth-order valence-electron chi connectivity index (χ4n) is 4.15. The summed E-state index contributed by atoms with van der Waals surface area (Å²) in [6.07, 6.45) is 0.849. The molecule has 0 unspecified atom stereocenters. The summed E-state index contributed by atoms with van der Waals surface area (Å²) in [6.45, 7) is 4.52. The van der Waals surface area contributed by atoms with Gasteiger partial charge in [0.05, 0.1) is 22.7 Å². The minimum absolute atomic E-state index is 0.0528. The first-order valence-electron chi connectivity index (χ1n) is 10.4. The fraction of sp³-hybridized carbons (Fsp3) is 0.524. The van der Waals surface area contributed by atoms with Gasteiger partial charge in [-0.25, -0.2) is 4.98 Å². The molecule has 1 saturated heterocycles. The summed E-state index contributed by atoms with van der Waals surface area (Å²) in [6, 6.07) is 2.76. The number of halogens is 3. The number of carbonyl (C=O) groups excluding carboxylic acids is 1.